The average molecular weight is 431 g/mol. The van der Waals surface area contributed by atoms with E-state index in [4.69, 9.17) is 24.0 Å². The molecule has 27 heavy (non-hydrogen) atoms. The van der Waals surface area contributed by atoms with Gasteiger partial charge < -0.3 is 0 Å². The number of ether oxygens (including phenoxy) is 3. The van der Waals surface area contributed by atoms with Gasteiger partial charge in [-0.25, -0.2) is 0 Å². The molecular weight excluding hydrogens is 411 g/mol. The summed E-state index contributed by atoms with van der Waals surface area (Å²) in [5.74, 6) is 1.64. The number of hydrogen-bond donors (Lipinski definition) is 0. The standard InChI is InChI=1S/C20H20N2O4Se/c1-23-16-10-14(11-17(24-2)19(16)25-3)18(22-26-4)20-21-15(12-27-20)13-8-6-5-7-9-13/h5-12H,1-4H3. The van der Waals surface area contributed by atoms with Gasteiger partial charge in [0.15, 0.2) is 0 Å². The normalized spacial score (nSPS) is 11.2. The molecule has 0 aliphatic heterocycles. The fourth-order valence-corrected chi connectivity index (χ4v) is 4.39. The first-order valence-electron chi connectivity index (χ1n) is 8.14. The second kappa shape index (κ2) is 8.75. The van der Waals surface area contributed by atoms with Crippen molar-refractivity contribution in [3.63, 3.8) is 0 Å². The van der Waals surface area contributed by atoms with Crippen molar-refractivity contribution in [3.8, 4) is 28.5 Å². The quantitative estimate of drug-likeness (QED) is 0.327. The van der Waals surface area contributed by atoms with E-state index >= 15 is 0 Å². The topological polar surface area (TPSA) is 62.2 Å². The first kappa shape index (κ1) is 19.0. The van der Waals surface area contributed by atoms with Crippen molar-refractivity contribution in [2.24, 2.45) is 5.16 Å². The monoisotopic (exact) mass is 432 g/mol. The Morgan fingerprint density at radius 3 is 2.15 bits per heavy atom. The summed E-state index contributed by atoms with van der Waals surface area (Å²) in [5, 5.41) is 4.23. The van der Waals surface area contributed by atoms with Crippen LogP contribution < -0.4 is 14.2 Å². The summed E-state index contributed by atoms with van der Waals surface area (Å²) < 4.78 is 17.2. The number of methoxy groups -OCH3 is 3. The van der Waals surface area contributed by atoms with Gasteiger partial charge in [0.2, 0.25) is 0 Å². The molecular formula is C20H20N2O4Se. The molecule has 1 heterocycles. The Balaban J connectivity index is 2.07. The van der Waals surface area contributed by atoms with Gasteiger partial charge >= 0.3 is 164 Å². The molecule has 0 aliphatic carbocycles. The third kappa shape index (κ3) is 3.99. The number of hydrogen-bond acceptors (Lipinski definition) is 6. The maximum absolute atomic E-state index is 5.45. The van der Waals surface area contributed by atoms with Gasteiger partial charge in [-0.05, 0) is 0 Å². The van der Waals surface area contributed by atoms with E-state index in [0.29, 0.717) is 23.0 Å². The number of benzene rings is 2. The third-order valence-electron chi connectivity index (χ3n) is 3.90. The van der Waals surface area contributed by atoms with E-state index in [9.17, 15) is 0 Å². The molecule has 0 saturated heterocycles. The second-order valence-electron chi connectivity index (χ2n) is 5.44. The Morgan fingerprint density at radius 2 is 1.59 bits per heavy atom. The van der Waals surface area contributed by atoms with Crippen LogP contribution in [0.5, 0.6) is 17.2 Å². The van der Waals surface area contributed by atoms with Crippen molar-refractivity contribution in [2.45, 2.75) is 0 Å². The van der Waals surface area contributed by atoms with E-state index in [0.717, 1.165) is 21.4 Å². The SMILES string of the molecule is CON=C(c1cc(OC)c(OC)c(OC)c1)c1nc(-c2ccccc2)c[se]1. The van der Waals surface area contributed by atoms with Gasteiger partial charge in [-0.3, -0.25) is 0 Å². The van der Waals surface area contributed by atoms with Crippen LogP contribution in [0.4, 0.5) is 0 Å². The molecule has 0 atom stereocenters. The van der Waals surface area contributed by atoms with Crippen molar-refractivity contribution >= 4 is 20.2 Å². The molecule has 0 radical (unpaired) electrons. The van der Waals surface area contributed by atoms with Crippen LogP contribution in [-0.2, 0) is 4.84 Å². The molecule has 6 nitrogen and oxygen atoms in total. The van der Waals surface area contributed by atoms with Gasteiger partial charge in [0, 0.05) is 0 Å². The first-order chi connectivity index (χ1) is 13.2. The van der Waals surface area contributed by atoms with E-state index in [1.165, 1.54) is 7.11 Å². The molecule has 0 unspecified atom stereocenters. The van der Waals surface area contributed by atoms with Gasteiger partial charge in [-0.1, -0.05) is 0 Å². The number of nitrogens with zero attached hydrogens (tertiary/aromatic N) is 2. The minimum absolute atomic E-state index is 0.0307. The Morgan fingerprint density at radius 1 is 0.926 bits per heavy atom. The van der Waals surface area contributed by atoms with Crippen LogP contribution >= 0.6 is 0 Å². The van der Waals surface area contributed by atoms with Crippen LogP contribution in [0.2, 0.25) is 0 Å². The van der Waals surface area contributed by atoms with Crippen molar-refractivity contribution in [3.05, 3.63) is 57.5 Å². The predicted molar refractivity (Wildman–Crippen MR) is 105 cm³/mol. The molecule has 3 rings (SSSR count). The van der Waals surface area contributed by atoms with Gasteiger partial charge in [-0.2, -0.15) is 0 Å². The minimum atomic E-state index is 0.0307. The van der Waals surface area contributed by atoms with Crippen LogP contribution in [0.15, 0.2) is 52.6 Å². The van der Waals surface area contributed by atoms with Crippen molar-refractivity contribution in [1.82, 2.24) is 4.98 Å². The zero-order chi connectivity index (χ0) is 19.2. The van der Waals surface area contributed by atoms with Crippen molar-refractivity contribution in [1.29, 1.82) is 0 Å². The molecule has 7 heteroatoms. The van der Waals surface area contributed by atoms with E-state index in [2.05, 4.69) is 10.1 Å². The molecule has 0 spiro atoms. The number of rotatable bonds is 7. The average Bonchev–Trinajstić information content (AvgIpc) is 3.21. The second-order valence-corrected chi connectivity index (χ2v) is 7.24. The summed E-state index contributed by atoms with van der Waals surface area (Å²) in [7, 11) is 6.26. The summed E-state index contributed by atoms with van der Waals surface area (Å²) in [6.07, 6.45) is 0. The van der Waals surface area contributed by atoms with Crippen LogP contribution in [0, 0.1) is 0 Å². The Labute approximate surface area is 164 Å². The molecule has 3 aromatic rings. The zero-order valence-corrected chi connectivity index (χ0v) is 17.3. The van der Waals surface area contributed by atoms with Crippen LogP contribution in [0.1, 0.15) is 10.1 Å². The molecule has 140 valence electrons. The van der Waals surface area contributed by atoms with Crippen LogP contribution in [0.3, 0.4) is 0 Å². The molecule has 0 amide bonds. The van der Waals surface area contributed by atoms with Gasteiger partial charge in [0.1, 0.15) is 0 Å². The molecule has 1 aromatic heterocycles. The fourth-order valence-electron chi connectivity index (χ4n) is 2.65. The molecule has 0 aliphatic rings. The van der Waals surface area contributed by atoms with Gasteiger partial charge in [-0.15, -0.1) is 0 Å². The molecule has 2 aromatic carbocycles. The molecule has 0 bridgehead atoms. The van der Waals surface area contributed by atoms with Crippen LogP contribution in [0.25, 0.3) is 11.3 Å². The summed E-state index contributed by atoms with van der Waals surface area (Å²) in [5.41, 5.74) is 3.46. The Bertz CT molecular complexity index is 913. The number of oxime groups is 1. The summed E-state index contributed by atoms with van der Waals surface area (Å²) >= 11 is 0.0307. The summed E-state index contributed by atoms with van der Waals surface area (Å²) in [6, 6.07) is 13.8. The summed E-state index contributed by atoms with van der Waals surface area (Å²) in [4.78, 5) is 12.0. The fraction of sp³-hybridized carbons (Fsp3) is 0.200. The van der Waals surface area contributed by atoms with E-state index in [-0.39, 0.29) is 14.5 Å². The summed E-state index contributed by atoms with van der Waals surface area (Å²) in [6.45, 7) is 0. The predicted octanol–water partition coefficient (Wildman–Crippen LogP) is 3.23. The van der Waals surface area contributed by atoms with E-state index in [1.807, 2.05) is 42.5 Å². The van der Waals surface area contributed by atoms with E-state index in [1.54, 1.807) is 21.3 Å². The van der Waals surface area contributed by atoms with Gasteiger partial charge in [0.05, 0.1) is 0 Å². The van der Waals surface area contributed by atoms with E-state index < -0.39 is 0 Å². The first-order valence-corrected chi connectivity index (χ1v) is 9.99. The molecule has 0 fully saturated rings. The molecule has 0 saturated carbocycles. The third-order valence-corrected chi connectivity index (χ3v) is 5.68. The Kier molecular flexibility index (Phi) is 6.16. The Hall–Kier alpha value is -2.76. The zero-order valence-electron chi connectivity index (χ0n) is 15.6. The van der Waals surface area contributed by atoms with Gasteiger partial charge in [0.25, 0.3) is 0 Å². The van der Waals surface area contributed by atoms with Crippen molar-refractivity contribution in [2.75, 3.05) is 28.4 Å². The van der Waals surface area contributed by atoms with Crippen molar-refractivity contribution < 1.29 is 19.0 Å². The maximum atomic E-state index is 5.45. The number of aromatic nitrogens is 1. The van der Waals surface area contributed by atoms with Crippen LogP contribution in [-0.4, -0.2) is 53.6 Å². The molecule has 0 N–H and O–H groups in total.